The largest absolute Gasteiger partial charge is 0.497 e. The van der Waals surface area contributed by atoms with Gasteiger partial charge in [0.2, 0.25) is 5.91 Å². The Morgan fingerprint density at radius 3 is 2.52 bits per heavy atom. The molecule has 1 fully saturated rings. The fourth-order valence-electron chi connectivity index (χ4n) is 7.02. The molecule has 0 unspecified atom stereocenters. The van der Waals surface area contributed by atoms with Crippen molar-refractivity contribution in [3.63, 3.8) is 0 Å². The number of benzene rings is 3. The Hall–Kier alpha value is -5.24. The van der Waals surface area contributed by atoms with E-state index in [1.54, 1.807) is 36.5 Å². The number of pyridine rings is 1. The summed E-state index contributed by atoms with van der Waals surface area (Å²) in [7, 11) is 3.02. The number of hydrogen-bond acceptors (Lipinski definition) is 7. The van der Waals surface area contributed by atoms with Crippen molar-refractivity contribution in [2.45, 2.75) is 17.5 Å². The molecule has 3 aromatic carbocycles. The molecule has 0 saturated carbocycles. The molecule has 1 amide bonds. The Morgan fingerprint density at radius 1 is 0.929 bits per heavy atom. The van der Waals surface area contributed by atoms with E-state index < -0.39 is 23.4 Å². The molecule has 8 heteroatoms. The summed E-state index contributed by atoms with van der Waals surface area (Å²) in [4.78, 5) is 50.1. The van der Waals surface area contributed by atoms with Gasteiger partial charge in [-0.2, -0.15) is 0 Å². The normalized spacial score (nSPS) is 23.1. The zero-order valence-electron chi connectivity index (χ0n) is 23.0. The molecule has 3 aliphatic rings. The van der Waals surface area contributed by atoms with E-state index in [4.69, 9.17) is 9.47 Å². The van der Waals surface area contributed by atoms with Crippen LogP contribution < -0.4 is 14.8 Å². The summed E-state index contributed by atoms with van der Waals surface area (Å²) in [5.74, 6) is -1.22. The summed E-state index contributed by atoms with van der Waals surface area (Å²) >= 11 is 0. The first-order valence-corrected chi connectivity index (χ1v) is 13.7. The standard InChI is InChI=1S/C34H27N3O5/c1-41-22-13-14-24(27(18-22)42-2)31(39)29-28(30(38)21-9-7-16-35-19-21)34(25-11-5-6-12-26(25)36-33(34)40)32-23-10-4-3-8-20(23)15-17-37(29)32/h3-19,28-29,32H,1-2H3,(H,36,40)/t28-,29+,32+,34-/m1/s1. The van der Waals surface area contributed by atoms with Gasteiger partial charge in [-0.15, -0.1) is 0 Å². The summed E-state index contributed by atoms with van der Waals surface area (Å²) in [5, 5.41) is 3.06. The first kappa shape index (κ1) is 25.7. The highest BCUT2D eigenvalue weighted by Crippen LogP contribution is 2.62. The number of nitrogens with zero attached hydrogens (tertiary/aromatic N) is 2. The Labute approximate surface area is 242 Å². The minimum Gasteiger partial charge on any atom is -0.497 e. The number of nitrogens with one attached hydrogen (secondary N) is 1. The lowest BCUT2D eigenvalue weighted by Crippen LogP contribution is -2.49. The second-order valence-electron chi connectivity index (χ2n) is 10.6. The van der Waals surface area contributed by atoms with Crippen LogP contribution in [0.1, 0.15) is 43.4 Å². The van der Waals surface area contributed by atoms with Crippen molar-refractivity contribution in [2.75, 3.05) is 19.5 Å². The van der Waals surface area contributed by atoms with Gasteiger partial charge in [-0.1, -0.05) is 42.5 Å². The molecule has 8 nitrogen and oxygen atoms in total. The molecule has 4 heterocycles. The Bertz CT molecular complexity index is 1790. The van der Waals surface area contributed by atoms with E-state index in [2.05, 4.69) is 10.3 Å². The van der Waals surface area contributed by atoms with E-state index in [0.717, 1.165) is 11.1 Å². The summed E-state index contributed by atoms with van der Waals surface area (Å²) in [6.07, 6.45) is 6.86. The maximum Gasteiger partial charge on any atom is 0.238 e. The third-order valence-electron chi connectivity index (χ3n) is 8.74. The summed E-state index contributed by atoms with van der Waals surface area (Å²) in [6, 6.07) is 21.9. The van der Waals surface area contributed by atoms with Crippen molar-refractivity contribution in [1.29, 1.82) is 0 Å². The number of para-hydroxylation sites is 1. The van der Waals surface area contributed by atoms with Gasteiger partial charge in [0.1, 0.15) is 23.0 Å². The molecule has 42 heavy (non-hydrogen) atoms. The first-order chi connectivity index (χ1) is 20.5. The average Bonchev–Trinajstić information content (AvgIpc) is 3.52. The number of carbonyl (C=O) groups excluding carboxylic acids is 3. The van der Waals surface area contributed by atoms with Crippen molar-refractivity contribution in [3.05, 3.63) is 125 Å². The summed E-state index contributed by atoms with van der Waals surface area (Å²) < 4.78 is 11.0. The maximum absolute atomic E-state index is 14.8. The van der Waals surface area contributed by atoms with Crippen molar-refractivity contribution in [1.82, 2.24) is 9.88 Å². The topological polar surface area (TPSA) is 97.8 Å². The number of Topliss-reactive ketones (excluding diaryl/α,β-unsaturated/α-hetero) is 2. The van der Waals surface area contributed by atoms with Crippen LogP contribution in [0.4, 0.5) is 5.69 Å². The molecule has 0 aliphatic carbocycles. The predicted molar refractivity (Wildman–Crippen MR) is 157 cm³/mol. The number of carbonyl (C=O) groups is 3. The monoisotopic (exact) mass is 557 g/mol. The SMILES string of the molecule is COc1ccc(C(=O)[C@@H]2[C@H](C(=O)c3cccnc3)[C@@]3(C(=O)Nc4ccccc43)[C@@H]3c4ccccc4C=CN23)c(OC)c1. The molecule has 7 rings (SSSR count). The van der Waals surface area contributed by atoms with Gasteiger partial charge in [0.25, 0.3) is 0 Å². The highest BCUT2D eigenvalue weighted by atomic mass is 16.5. The fourth-order valence-corrected chi connectivity index (χ4v) is 7.02. The Kier molecular flexibility index (Phi) is 5.93. The molecule has 0 bridgehead atoms. The Morgan fingerprint density at radius 2 is 1.74 bits per heavy atom. The lowest BCUT2D eigenvalue weighted by atomic mass is 9.62. The van der Waals surface area contributed by atoms with Crippen LogP contribution in [0.15, 0.2) is 97.5 Å². The molecule has 1 aromatic heterocycles. The quantitative estimate of drug-likeness (QED) is 0.330. The van der Waals surface area contributed by atoms with Crippen molar-refractivity contribution >= 4 is 29.2 Å². The van der Waals surface area contributed by atoms with Crippen LogP contribution in [0.2, 0.25) is 0 Å². The second-order valence-corrected chi connectivity index (χ2v) is 10.6. The number of fused-ring (bicyclic) bond motifs is 6. The van der Waals surface area contributed by atoms with Crippen molar-refractivity contribution in [3.8, 4) is 11.5 Å². The third-order valence-corrected chi connectivity index (χ3v) is 8.74. The van der Waals surface area contributed by atoms with Gasteiger partial charge in [0.05, 0.1) is 31.7 Å². The van der Waals surface area contributed by atoms with Crippen LogP contribution >= 0.6 is 0 Å². The molecular weight excluding hydrogens is 530 g/mol. The first-order valence-electron chi connectivity index (χ1n) is 13.7. The molecule has 0 radical (unpaired) electrons. The van der Waals surface area contributed by atoms with E-state index in [9.17, 15) is 14.4 Å². The molecular formula is C34H27N3O5. The van der Waals surface area contributed by atoms with Crippen LogP contribution in [0, 0.1) is 5.92 Å². The van der Waals surface area contributed by atoms with Gasteiger partial charge >= 0.3 is 0 Å². The number of ketones is 2. The van der Waals surface area contributed by atoms with E-state index >= 15 is 0 Å². The predicted octanol–water partition coefficient (Wildman–Crippen LogP) is 5.08. The zero-order valence-corrected chi connectivity index (χ0v) is 23.0. The number of amides is 1. The Balaban J connectivity index is 1.53. The molecule has 3 aliphatic heterocycles. The van der Waals surface area contributed by atoms with E-state index in [1.165, 1.54) is 20.4 Å². The van der Waals surface area contributed by atoms with Gasteiger partial charge in [0.15, 0.2) is 11.6 Å². The number of anilines is 1. The third kappa shape index (κ3) is 3.48. The molecule has 4 aromatic rings. The number of hydrogen-bond donors (Lipinski definition) is 1. The molecule has 1 saturated heterocycles. The molecule has 1 N–H and O–H groups in total. The molecule has 4 atom stereocenters. The van der Waals surface area contributed by atoms with E-state index in [0.29, 0.717) is 33.9 Å². The molecule has 208 valence electrons. The van der Waals surface area contributed by atoms with E-state index in [1.807, 2.05) is 65.7 Å². The highest BCUT2D eigenvalue weighted by Gasteiger charge is 2.70. The zero-order chi connectivity index (χ0) is 29.0. The average molecular weight is 558 g/mol. The van der Waals surface area contributed by atoms with Crippen LogP contribution in [0.3, 0.4) is 0 Å². The lowest BCUT2D eigenvalue weighted by molar-refractivity contribution is -0.122. The van der Waals surface area contributed by atoms with E-state index in [-0.39, 0.29) is 17.5 Å². The van der Waals surface area contributed by atoms with Gasteiger partial charge in [-0.25, -0.2) is 0 Å². The maximum atomic E-state index is 14.8. The van der Waals surface area contributed by atoms with Crippen molar-refractivity contribution in [2.24, 2.45) is 5.92 Å². The smallest absolute Gasteiger partial charge is 0.238 e. The lowest BCUT2D eigenvalue weighted by Gasteiger charge is -2.38. The van der Waals surface area contributed by atoms with Crippen LogP contribution in [0.25, 0.3) is 6.08 Å². The minimum absolute atomic E-state index is 0.294. The number of ether oxygens (including phenoxy) is 2. The van der Waals surface area contributed by atoms with Crippen molar-refractivity contribution < 1.29 is 23.9 Å². The van der Waals surface area contributed by atoms with Gasteiger partial charge < -0.3 is 19.7 Å². The van der Waals surface area contributed by atoms with Crippen LogP contribution in [-0.2, 0) is 10.2 Å². The van der Waals surface area contributed by atoms with Crippen LogP contribution in [-0.4, -0.2) is 47.6 Å². The highest BCUT2D eigenvalue weighted by molar-refractivity contribution is 6.17. The number of rotatable bonds is 6. The molecule has 1 spiro atoms. The number of aromatic nitrogens is 1. The van der Waals surface area contributed by atoms with Gasteiger partial charge in [-0.05, 0) is 53.1 Å². The minimum atomic E-state index is -1.41. The van der Waals surface area contributed by atoms with Gasteiger partial charge in [0, 0.05) is 35.9 Å². The summed E-state index contributed by atoms with van der Waals surface area (Å²) in [5.41, 5.74) is 2.33. The van der Waals surface area contributed by atoms with Crippen LogP contribution in [0.5, 0.6) is 11.5 Å². The second kappa shape index (κ2) is 9.69. The fraction of sp³-hybridized carbons (Fsp3) is 0.176. The summed E-state index contributed by atoms with van der Waals surface area (Å²) in [6.45, 7) is 0. The van der Waals surface area contributed by atoms with Gasteiger partial charge in [-0.3, -0.25) is 19.4 Å². The number of methoxy groups -OCH3 is 2.